The molecule has 0 bridgehead atoms. The Morgan fingerprint density at radius 3 is 2.42 bits per heavy atom. The van der Waals surface area contributed by atoms with Gasteiger partial charge < -0.3 is 10.3 Å². The van der Waals surface area contributed by atoms with Crippen LogP contribution in [0.25, 0.3) is 23.2 Å². The fourth-order valence-corrected chi connectivity index (χ4v) is 5.28. The van der Waals surface area contributed by atoms with Crippen molar-refractivity contribution in [1.29, 1.82) is 0 Å². The second kappa shape index (κ2) is 7.43. The molecule has 0 aromatic carbocycles. The zero-order chi connectivity index (χ0) is 18.1. The van der Waals surface area contributed by atoms with Gasteiger partial charge in [0.25, 0.3) is 0 Å². The van der Waals surface area contributed by atoms with Crippen LogP contribution in [-0.2, 0) is 0 Å². The monoisotopic (exact) mass is 367 g/mol. The zero-order valence-electron chi connectivity index (χ0n) is 16.1. The number of amidine groups is 1. The molecule has 0 saturated heterocycles. The first-order valence-electron chi connectivity index (χ1n) is 9.94. The summed E-state index contributed by atoms with van der Waals surface area (Å²) in [7, 11) is 0. The first-order valence-corrected chi connectivity index (χ1v) is 10.8. The predicted octanol–water partition coefficient (Wildman–Crippen LogP) is 4.59. The Labute approximate surface area is 160 Å². The van der Waals surface area contributed by atoms with Crippen molar-refractivity contribution in [3.63, 3.8) is 0 Å². The summed E-state index contributed by atoms with van der Waals surface area (Å²) < 4.78 is 0. The maximum Gasteiger partial charge on any atom is 0.103 e. The Bertz CT molecular complexity index is 937. The molecule has 2 N–H and O–H groups in total. The van der Waals surface area contributed by atoms with Gasteiger partial charge in [0.15, 0.2) is 0 Å². The van der Waals surface area contributed by atoms with Crippen molar-refractivity contribution in [2.75, 3.05) is 0 Å². The third-order valence-electron chi connectivity index (χ3n) is 5.67. The minimum Gasteiger partial charge on any atom is -0.353 e. The fraction of sp³-hybridized carbons (Fsp3) is 0.500. The molecule has 138 valence electrons. The average Bonchev–Trinajstić information content (AvgIpc) is 3.09. The maximum absolute atomic E-state index is 4.63. The SMILES string of the molecule is CC1=NC=c2cc(-c3cc(C)sc3C)[nH]c2=C(C2CCCCCCC2)N1. The molecular weight excluding hydrogens is 338 g/mol. The van der Waals surface area contributed by atoms with E-state index in [-0.39, 0.29) is 0 Å². The van der Waals surface area contributed by atoms with E-state index in [9.17, 15) is 0 Å². The molecule has 0 atom stereocenters. The molecule has 2 aromatic heterocycles. The van der Waals surface area contributed by atoms with Crippen LogP contribution in [0.2, 0.25) is 0 Å². The smallest absolute Gasteiger partial charge is 0.103 e. The van der Waals surface area contributed by atoms with Crippen molar-refractivity contribution in [2.24, 2.45) is 10.9 Å². The van der Waals surface area contributed by atoms with Crippen molar-refractivity contribution in [2.45, 2.75) is 65.7 Å². The molecule has 0 unspecified atom stereocenters. The van der Waals surface area contributed by atoms with Crippen LogP contribution in [0.4, 0.5) is 0 Å². The van der Waals surface area contributed by atoms with E-state index in [0.717, 1.165) is 5.84 Å². The Morgan fingerprint density at radius 2 is 1.73 bits per heavy atom. The van der Waals surface area contributed by atoms with E-state index in [4.69, 9.17) is 0 Å². The van der Waals surface area contributed by atoms with Gasteiger partial charge in [0.05, 0.1) is 5.35 Å². The topological polar surface area (TPSA) is 40.2 Å². The van der Waals surface area contributed by atoms with Crippen LogP contribution in [-0.4, -0.2) is 10.8 Å². The molecule has 2 aromatic rings. The lowest BCUT2D eigenvalue weighted by atomic mass is 9.88. The number of hydrogen-bond donors (Lipinski definition) is 2. The van der Waals surface area contributed by atoms with Gasteiger partial charge in [-0.05, 0) is 45.7 Å². The van der Waals surface area contributed by atoms with Crippen LogP contribution < -0.4 is 15.9 Å². The van der Waals surface area contributed by atoms with Crippen LogP contribution in [0.1, 0.15) is 61.6 Å². The number of hydrogen-bond acceptors (Lipinski definition) is 3. The number of rotatable bonds is 2. The van der Waals surface area contributed by atoms with Gasteiger partial charge >= 0.3 is 0 Å². The number of thiophene rings is 1. The van der Waals surface area contributed by atoms with Crippen molar-refractivity contribution in [3.05, 3.63) is 32.5 Å². The van der Waals surface area contributed by atoms with Gasteiger partial charge in [0.2, 0.25) is 0 Å². The highest BCUT2D eigenvalue weighted by Gasteiger charge is 2.20. The van der Waals surface area contributed by atoms with E-state index in [2.05, 4.69) is 48.2 Å². The summed E-state index contributed by atoms with van der Waals surface area (Å²) in [5, 5.41) is 6.10. The lowest BCUT2D eigenvalue weighted by Gasteiger charge is -2.23. The highest BCUT2D eigenvalue weighted by molar-refractivity contribution is 7.12. The molecule has 4 heteroatoms. The quantitative estimate of drug-likeness (QED) is 0.801. The Morgan fingerprint density at radius 1 is 1.00 bits per heavy atom. The second-order valence-electron chi connectivity index (χ2n) is 7.76. The minimum atomic E-state index is 0.600. The number of fused-ring (bicyclic) bond motifs is 1. The van der Waals surface area contributed by atoms with Crippen molar-refractivity contribution >= 4 is 29.1 Å². The molecule has 2 aliphatic rings. The average molecular weight is 368 g/mol. The number of aryl methyl sites for hydroxylation is 2. The number of nitrogens with one attached hydrogen (secondary N) is 2. The van der Waals surface area contributed by atoms with E-state index >= 15 is 0 Å². The molecule has 0 amide bonds. The predicted molar refractivity (Wildman–Crippen MR) is 113 cm³/mol. The molecule has 1 aliphatic carbocycles. The highest BCUT2D eigenvalue weighted by Crippen LogP contribution is 2.29. The Hall–Kier alpha value is -1.81. The third kappa shape index (κ3) is 3.52. The molecule has 26 heavy (non-hydrogen) atoms. The molecule has 0 spiro atoms. The number of H-pyrrole nitrogens is 1. The summed E-state index contributed by atoms with van der Waals surface area (Å²) >= 11 is 1.87. The Balaban J connectivity index is 1.84. The molecule has 1 aliphatic heterocycles. The first kappa shape index (κ1) is 17.6. The van der Waals surface area contributed by atoms with Crippen molar-refractivity contribution in [3.8, 4) is 11.3 Å². The molecule has 1 saturated carbocycles. The largest absolute Gasteiger partial charge is 0.353 e. The van der Waals surface area contributed by atoms with Gasteiger partial charge in [-0.25, -0.2) is 4.99 Å². The fourth-order valence-electron chi connectivity index (χ4n) is 4.35. The van der Waals surface area contributed by atoms with Crippen LogP contribution in [0.5, 0.6) is 0 Å². The van der Waals surface area contributed by atoms with Crippen LogP contribution in [0.3, 0.4) is 0 Å². The second-order valence-corrected chi connectivity index (χ2v) is 9.23. The number of aromatic amines is 1. The zero-order valence-corrected chi connectivity index (χ0v) is 16.9. The Kier molecular flexibility index (Phi) is 5.03. The van der Waals surface area contributed by atoms with Gasteiger partial charge in [-0.2, -0.15) is 0 Å². The number of nitrogens with zero attached hydrogens (tertiary/aromatic N) is 1. The van der Waals surface area contributed by atoms with Gasteiger partial charge in [-0.15, -0.1) is 11.3 Å². The molecule has 3 heterocycles. The summed E-state index contributed by atoms with van der Waals surface area (Å²) in [5.41, 5.74) is 3.90. The molecule has 0 radical (unpaired) electrons. The van der Waals surface area contributed by atoms with Crippen LogP contribution >= 0.6 is 11.3 Å². The number of aromatic nitrogens is 1. The van der Waals surface area contributed by atoms with Gasteiger partial charge in [-0.3, -0.25) is 0 Å². The van der Waals surface area contributed by atoms with Crippen molar-refractivity contribution in [1.82, 2.24) is 10.3 Å². The minimum absolute atomic E-state index is 0.600. The summed E-state index contributed by atoms with van der Waals surface area (Å²) in [4.78, 5) is 11.1. The summed E-state index contributed by atoms with van der Waals surface area (Å²) in [6.45, 7) is 6.46. The summed E-state index contributed by atoms with van der Waals surface area (Å²) in [6, 6.07) is 4.57. The van der Waals surface area contributed by atoms with E-state index < -0.39 is 0 Å². The molecule has 1 fully saturated rings. The molecule has 4 rings (SSSR count). The molecule has 3 nitrogen and oxygen atoms in total. The van der Waals surface area contributed by atoms with Crippen LogP contribution in [0, 0.1) is 19.8 Å². The highest BCUT2D eigenvalue weighted by atomic mass is 32.1. The van der Waals surface area contributed by atoms with E-state index in [0.29, 0.717) is 5.92 Å². The number of aliphatic imine (C=N–C) groups is 1. The van der Waals surface area contributed by atoms with Gasteiger partial charge in [-0.1, -0.05) is 32.1 Å². The van der Waals surface area contributed by atoms with Crippen LogP contribution in [0.15, 0.2) is 17.1 Å². The standard InChI is InChI=1S/C22H29N3S/c1-14-11-19(15(2)26-14)20-12-18-13-23-16(3)24-21(22(18)25-20)17-9-7-5-4-6-8-10-17/h11-13,17,25H,4-10H2,1-3H3,(H,23,24). The van der Waals surface area contributed by atoms with E-state index in [1.807, 2.05) is 17.5 Å². The first-order chi connectivity index (χ1) is 12.6. The van der Waals surface area contributed by atoms with E-state index in [1.54, 1.807) is 0 Å². The molecular formula is C22H29N3S. The third-order valence-corrected chi connectivity index (χ3v) is 6.64. The van der Waals surface area contributed by atoms with Gasteiger partial charge in [0, 0.05) is 44.0 Å². The summed E-state index contributed by atoms with van der Waals surface area (Å²) in [6.07, 6.45) is 11.4. The lowest BCUT2D eigenvalue weighted by Crippen LogP contribution is -2.35. The lowest BCUT2D eigenvalue weighted by molar-refractivity contribution is 0.436. The van der Waals surface area contributed by atoms with Crippen molar-refractivity contribution < 1.29 is 0 Å². The normalized spacial score (nSPS) is 18.9. The van der Waals surface area contributed by atoms with Gasteiger partial charge in [0.1, 0.15) is 5.84 Å². The summed E-state index contributed by atoms with van der Waals surface area (Å²) in [5.74, 6) is 1.60. The maximum atomic E-state index is 4.63. The van der Waals surface area contributed by atoms with E-state index in [1.165, 1.54) is 82.2 Å².